The van der Waals surface area contributed by atoms with Gasteiger partial charge in [0.15, 0.2) is 5.75 Å². The molecule has 2 aliphatic rings. The lowest BCUT2D eigenvalue weighted by Crippen LogP contribution is -2.38. The molecule has 0 amide bonds. The van der Waals surface area contributed by atoms with E-state index in [1.807, 2.05) is 54.9 Å². The predicted octanol–water partition coefficient (Wildman–Crippen LogP) is 6.02. The summed E-state index contributed by atoms with van der Waals surface area (Å²) < 4.78 is 15.5. The lowest BCUT2D eigenvalue weighted by Gasteiger charge is -2.31. The molecule has 6 heteroatoms. The molecule has 2 aromatic carbocycles. The van der Waals surface area contributed by atoms with E-state index in [0.29, 0.717) is 11.8 Å². The van der Waals surface area contributed by atoms with Gasteiger partial charge >= 0.3 is 0 Å². The van der Waals surface area contributed by atoms with Crippen LogP contribution in [-0.2, 0) is 5.72 Å². The molecule has 0 radical (unpaired) electrons. The number of anilines is 1. The number of hydrogen-bond acceptors (Lipinski definition) is 4. The number of aromatic nitrogens is 2. The molecule has 0 saturated heterocycles. The highest BCUT2D eigenvalue weighted by molar-refractivity contribution is 9.10. The van der Waals surface area contributed by atoms with Gasteiger partial charge in [-0.15, -0.1) is 0 Å². The van der Waals surface area contributed by atoms with Crippen LogP contribution in [0, 0.1) is 6.92 Å². The summed E-state index contributed by atoms with van der Waals surface area (Å²) in [5.41, 5.74) is 4.05. The smallest absolute Gasteiger partial charge is 0.237 e. The van der Waals surface area contributed by atoms with Crippen molar-refractivity contribution in [3.63, 3.8) is 0 Å². The third-order valence-corrected chi connectivity index (χ3v) is 5.96. The van der Waals surface area contributed by atoms with Crippen molar-refractivity contribution < 1.29 is 9.47 Å². The predicted molar refractivity (Wildman–Crippen MR) is 117 cm³/mol. The highest BCUT2D eigenvalue weighted by Crippen LogP contribution is 2.52. The zero-order chi connectivity index (χ0) is 20.3. The third kappa shape index (κ3) is 2.77. The monoisotopic (exact) mass is 451 g/mol. The Morgan fingerprint density at radius 3 is 2.62 bits per heavy atom. The van der Waals surface area contributed by atoms with Crippen molar-refractivity contribution in [2.24, 2.45) is 0 Å². The van der Waals surface area contributed by atoms with Crippen LogP contribution in [0.25, 0.3) is 5.69 Å². The zero-order valence-electron chi connectivity index (χ0n) is 16.8. The molecule has 0 aliphatic carbocycles. The number of fused-ring (bicyclic) bond motifs is 3. The molecule has 1 atom stereocenters. The molecule has 148 valence electrons. The van der Waals surface area contributed by atoms with Crippen LogP contribution in [0.1, 0.15) is 43.5 Å². The van der Waals surface area contributed by atoms with Gasteiger partial charge in [-0.1, -0.05) is 32.0 Å². The average molecular weight is 452 g/mol. The normalized spacial score (nSPS) is 19.3. The molecule has 29 heavy (non-hydrogen) atoms. The number of nitrogens with one attached hydrogen (secondary N) is 1. The first-order chi connectivity index (χ1) is 13.9. The molecule has 0 fully saturated rings. The Hall–Kier alpha value is -2.73. The minimum Gasteiger partial charge on any atom is -0.456 e. The minimum absolute atomic E-state index is 0.417. The molecule has 5 nitrogen and oxygen atoms in total. The topological polar surface area (TPSA) is 48.3 Å². The molecule has 1 aromatic heterocycles. The van der Waals surface area contributed by atoms with E-state index in [1.54, 1.807) is 0 Å². The van der Waals surface area contributed by atoms with Crippen LogP contribution in [0.15, 0.2) is 58.8 Å². The molecule has 3 aromatic rings. The van der Waals surface area contributed by atoms with Crippen LogP contribution in [0.5, 0.6) is 11.6 Å². The molecular formula is C23H22BrN3O2. The quantitative estimate of drug-likeness (QED) is 0.517. The molecule has 3 heterocycles. The van der Waals surface area contributed by atoms with Gasteiger partial charge in [-0.05, 0) is 65.5 Å². The van der Waals surface area contributed by atoms with E-state index in [-0.39, 0.29) is 0 Å². The summed E-state index contributed by atoms with van der Waals surface area (Å²) in [4.78, 5) is 0. The largest absolute Gasteiger partial charge is 0.456 e. The summed E-state index contributed by atoms with van der Waals surface area (Å²) in [6.07, 6.45) is 1.99. The fraction of sp³-hybridized carbons (Fsp3) is 0.261. The molecule has 5 rings (SSSR count). The van der Waals surface area contributed by atoms with E-state index >= 15 is 0 Å². The molecule has 2 aliphatic heterocycles. The molecule has 1 spiro atoms. The van der Waals surface area contributed by atoms with Crippen LogP contribution in [-0.4, -0.2) is 9.78 Å². The first-order valence-electron chi connectivity index (χ1n) is 9.71. The summed E-state index contributed by atoms with van der Waals surface area (Å²) in [7, 11) is 0. The Bertz CT molecular complexity index is 1150. The van der Waals surface area contributed by atoms with Crippen molar-refractivity contribution in [1.82, 2.24) is 9.78 Å². The summed E-state index contributed by atoms with van der Waals surface area (Å²) in [6, 6.07) is 14.3. The maximum atomic E-state index is 6.56. The number of hydrogen-bond donors (Lipinski definition) is 1. The second-order valence-corrected chi connectivity index (χ2v) is 8.72. The number of benzene rings is 2. The van der Waals surface area contributed by atoms with Gasteiger partial charge in [0, 0.05) is 6.08 Å². The zero-order valence-corrected chi connectivity index (χ0v) is 18.4. The molecule has 0 unspecified atom stereocenters. The second-order valence-electron chi connectivity index (χ2n) is 7.87. The molecular weight excluding hydrogens is 430 g/mol. The average Bonchev–Trinajstić information content (AvgIpc) is 3.20. The standard InChI is InChI=1S/C23H22BrN3O2/c1-13(2)16-10-18(24)21-19(11-16)25-23(29-21)12-14(3)28-22-20(23)15(4)26-27(22)17-8-6-5-7-9-17/h5-13,25H,1-4H3/t23-/m1/s1. The maximum Gasteiger partial charge on any atom is 0.237 e. The van der Waals surface area contributed by atoms with E-state index in [2.05, 4.69) is 47.2 Å². The Labute approximate surface area is 178 Å². The number of rotatable bonds is 2. The van der Waals surface area contributed by atoms with E-state index < -0.39 is 5.72 Å². The molecule has 1 N–H and O–H groups in total. The van der Waals surface area contributed by atoms with Crippen LogP contribution < -0.4 is 14.8 Å². The fourth-order valence-corrected chi connectivity index (χ4v) is 4.58. The fourth-order valence-electron chi connectivity index (χ4n) is 4.02. The van der Waals surface area contributed by atoms with Gasteiger partial charge in [0.1, 0.15) is 11.3 Å². The van der Waals surface area contributed by atoms with Crippen LogP contribution in [0.4, 0.5) is 5.69 Å². The van der Waals surface area contributed by atoms with Crippen LogP contribution in [0.2, 0.25) is 0 Å². The SMILES string of the molecule is CC1=C[C@]2(Nc3cc(C(C)C)cc(Br)c3O2)c2c(C)nn(-c3ccccc3)c2O1. The Morgan fingerprint density at radius 1 is 1.14 bits per heavy atom. The van der Waals surface area contributed by atoms with Gasteiger partial charge in [-0.25, -0.2) is 4.68 Å². The number of aryl methyl sites for hydroxylation is 1. The Balaban J connectivity index is 1.67. The number of halogens is 1. The van der Waals surface area contributed by atoms with E-state index in [0.717, 1.165) is 38.6 Å². The summed E-state index contributed by atoms with van der Waals surface area (Å²) >= 11 is 3.69. The lowest BCUT2D eigenvalue weighted by molar-refractivity contribution is 0.152. The van der Waals surface area contributed by atoms with E-state index in [9.17, 15) is 0 Å². The van der Waals surface area contributed by atoms with Gasteiger partial charge in [-0.3, -0.25) is 0 Å². The Morgan fingerprint density at radius 2 is 1.90 bits per heavy atom. The summed E-state index contributed by atoms with van der Waals surface area (Å²) in [5, 5.41) is 8.39. The number of ether oxygens (including phenoxy) is 2. The maximum absolute atomic E-state index is 6.56. The van der Waals surface area contributed by atoms with Crippen LogP contribution in [0.3, 0.4) is 0 Å². The molecule has 0 saturated carbocycles. The van der Waals surface area contributed by atoms with Crippen molar-refractivity contribution >= 4 is 21.6 Å². The first-order valence-corrected chi connectivity index (χ1v) is 10.5. The summed E-state index contributed by atoms with van der Waals surface area (Å²) in [6.45, 7) is 8.29. The third-order valence-electron chi connectivity index (χ3n) is 5.37. The lowest BCUT2D eigenvalue weighted by atomic mass is 10.00. The van der Waals surface area contributed by atoms with Crippen LogP contribution >= 0.6 is 15.9 Å². The highest BCUT2D eigenvalue weighted by Gasteiger charge is 2.48. The minimum atomic E-state index is -0.852. The number of nitrogens with zero attached hydrogens (tertiary/aromatic N) is 2. The van der Waals surface area contributed by atoms with Gasteiger partial charge < -0.3 is 14.8 Å². The molecule has 0 bridgehead atoms. The number of para-hydroxylation sites is 1. The highest BCUT2D eigenvalue weighted by atomic mass is 79.9. The van der Waals surface area contributed by atoms with Gasteiger partial charge in [0.25, 0.3) is 0 Å². The van der Waals surface area contributed by atoms with Gasteiger partial charge in [0.2, 0.25) is 11.6 Å². The second kappa shape index (κ2) is 6.39. The number of allylic oxidation sites excluding steroid dienone is 1. The summed E-state index contributed by atoms with van der Waals surface area (Å²) in [5.74, 6) is 2.66. The van der Waals surface area contributed by atoms with E-state index in [4.69, 9.17) is 14.6 Å². The Kier molecular flexibility index (Phi) is 4.03. The van der Waals surface area contributed by atoms with Crippen molar-refractivity contribution in [2.45, 2.75) is 39.3 Å². The first kappa shape index (κ1) is 18.3. The van der Waals surface area contributed by atoms with Crippen molar-refractivity contribution in [1.29, 1.82) is 0 Å². The van der Waals surface area contributed by atoms with Crippen molar-refractivity contribution in [2.75, 3.05) is 5.32 Å². The van der Waals surface area contributed by atoms with Gasteiger partial charge in [0.05, 0.1) is 21.5 Å². The van der Waals surface area contributed by atoms with E-state index in [1.165, 1.54) is 5.56 Å². The van der Waals surface area contributed by atoms with Crippen molar-refractivity contribution in [3.05, 3.63) is 75.6 Å². The van der Waals surface area contributed by atoms with Crippen molar-refractivity contribution in [3.8, 4) is 17.3 Å². The van der Waals surface area contributed by atoms with Gasteiger partial charge in [-0.2, -0.15) is 5.10 Å².